The van der Waals surface area contributed by atoms with Gasteiger partial charge in [0.2, 0.25) is 5.91 Å². The molecule has 0 aromatic carbocycles. The van der Waals surface area contributed by atoms with E-state index in [0.29, 0.717) is 13.0 Å². The van der Waals surface area contributed by atoms with Gasteiger partial charge < -0.3 is 20.7 Å². The molecule has 3 rings (SSSR count). The highest BCUT2D eigenvalue weighted by Gasteiger charge is 2.29. The molecule has 0 bridgehead atoms. The van der Waals surface area contributed by atoms with Gasteiger partial charge in [-0.2, -0.15) is 0 Å². The molecular weight excluding hydrogens is 388 g/mol. The summed E-state index contributed by atoms with van der Waals surface area (Å²) in [4.78, 5) is 28.5. The quantitative estimate of drug-likeness (QED) is 0.631. The van der Waals surface area contributed by atoms with Crippen LogP contribution >= 0.6 is 11.3 Å². The number of morpholine rings is 1. The van der Waals surface area contributed by atoms with Gasteiger partial charge in [-0.05, 0) is 44.6 Å². The second kappa shape index (κ2) is 10.9. The van der Waals surface area contributed by atoms with Crippen LogP contribution in [0.5, 0.6) is 0 Å². The zero-order valence-electron chi connectivity index (χ0n) is 17.5. The zero-order valence-corrected chi connectivity index (χ0v) is 18.3. The van der Waals surface area contributed by atoms with E-state index < -0.39 is 0 Å². The molecule has 3 N–H and O–H groups in total. The number of hydrogen-bond acceptors (Lipinski definition) is 5. The third-order valence-corrected chi connectivity index (χ3v) is 6.60. The number of nitrogens with one attached hydrogen (secondary N) is 3. The SMILES string of the molecule is CC(C)NC(=O)C1CCCC(NC(=O)NCC(c2cccs2)N2CCOCC2)C1. The molecule has 2 fully saturated rings. The summed E-state index contributed by atoms with van der Waals surface area (Å²) in [6.07, 6.45) is 3.50. The number of carbonyl (C=O) groups is 2. The van der Waals surface area contributed by atoms with E-state index in [0.717, 1.165) is 45.6 Å². The third-order valence-electron chi connectivity index (χ3n) is 5.63. The first-order valence-electron chi connectivity index (χ1n) is 10.7. The fraction of sp³-hybridized carbons (Fsp3) is 0.714. The summed E-state index contributed by atoms with van der Waals surface area (Å²) in [5.41, 5.74) is 0. The van der Waals surface area contributed by atoms with E-state index in [1.54, 1.807) is 11.3 Å². The maximum atomic E-state index is 12.6. The van der Waals surface area contributed by atoms with Crippen molar-refractivity contribution in [3.05, 3.63) is 22.4 Å². The Morgan fingerprint density at radius 2 is 2.07 bits per heavy atom. The molecule has 3 atom stereocenters. The fourth-order valence-corrected chi connectivity index (χ4v) is 5.03. The summed E-state index contributed by atoms with van der Waals surface area (Å²) in [7, 11) is 0. The lowest BCUT2D eigenvalue weighted by Gasteiger charge is -2.34. The summed E-state index contributed by atoms with van der Waals surface area (Å²) >= 11 is 1.72. The first-order valence-corrected chi connectivity index (χ1v) is 11.6. The summed E-state index contributed by atoms with van der Waals surface area (Å²) in [6.45, 7) is 7.73. The second-order valence-corrected chi connectivity index (χ2v) is 9.24. The van der Waals surface area contributed by atoms with Gasteiger partial charge in [-0.25, -0.2) is 4.79 Å². The average molecular weight is 423 g/mol. The molecule has 3 unspecified atom stereocenters. The molecule has 1 aliphatic heterocycles. The van der Waals surface area contributed by atoms with Crippen molar-refractivity contribution in [2.24, 2.45) is 5.92 Å². The molecule has 0 spiro atoms. The third kappa shape index (κ3) is 6.69. The summed E-state index contributed by atoms with van der Waals surface area (Å²) in [5, 5.41) is 11.2. The Morgan fingerprint density at radius 3 is 2.76 bits per heavy atom. The molecule has 2 aliphatic rings. The van der Waals surface area contributed by atoms with Crippen molar-refractivity contribution in [1.82, 2.24) is 20.9 Å². The van der Waals surface area contributed by atoms with E-state index in [1.807, 2.05) is 13.8 Å². The van der Waals surface area contributed by atoms with Gasteiger partial charge in [0.25, 0.3) is 0 Å². The molecule has 3 amide bonds. The summed E-state index contributed by atoms with van der Waals surface area (Å²) in [6, 6.07) is 4.40. The highest BCUT2D eigenvalue weighted by Crippen LogP contribution is 2.26. The molecule has 1 saturated heterocycles. The second-order valence-electron chi connectivity index (χ2n) is 8.26. The normalized spacial score (nSPS) is 24.1. The van der Waals surface area contributed by atoms with Gasteiger partial charge in [-0.15, -0.1) is 11.3 Å². The molecule has 162 valence electrons. The number of rotatable bonds is 7. The number of urea groups is 1. The van der Waals surface area contributed by atoms with Crippen LogP contribution in [0.1, 0.15) is 50.4 Å². The van der Waals surface area contributed by atoms with Crippen LogP contribution in [0.4, 0.5) is 4.79 Å². The number of ether oxygens (including phenoxy) is 1. The van der Waals surface area contributed by atoms with Crippen LogP contribution in [-0.4, -0.2) is 61.8 Å². The minimum absolute atomic E-state index is 0.0105. The van der Waals surface area contributed by atoms with Crippen LogP contribution in [0.3, 0.4) is 0 Å². The highest BCUT2D eigenvalue weighted by molar-refractivity contribution is 7.10. The monoisotopic (exact) mass is 422 g/mol. The first-order chi connectivity index (χ1) is 14.0. The number of hydrogen-bond donors (Lipinski definition) is 3. The van der Waals surface area contributed by atoms with Crippen molar-refractivity contribution in [3.8, 4) is 0 Å². The van der Waals surface area contributed by atoms with Crippen LogP contribution in [-0.2, 0) is 9.53 Å². The van der Waals surface area contributed by atoms with Gasteiger partial charge in [0.15, 0.2) is 0 Å². The van der Waals surface area contributed by atoms with Crippen molar-refractivity contribution in [1.29, 1.82) is 0 Å². The minimum Gasteiger partial charge on any atom is -0.379 e. The Bertz CT molecular complexity index is 646. The Kier molecular flexibility index (Phi) is 8.32. The van der Waals surface area contributed by atoms with E-state index in [2.05, 4.69) is 38.4 Å². The number of thiophene rings is 1. The topological polar surface area (TPSA) is 82.7 Å². The minimum atomic E-state index is -0.144. The standard InChI is InChI=1S/C21H34N4O3S/c1-15(2)23-20(26)16-5-3-6-17(13-16)24-21(27)22-14-18(19-7-4-12-29-19)25-8-10-28-11-9-25/h4,7,12,15-18H,3,5-6,8-11,13-14H2,1-2H3,(H,23,26)(H2,22,24,27). The largest absolute Gasteiger partial charge is 0.379 e. The van der Waals surface area contributed by atoms with E-state index in [-0.39, 0.29) is 36.0 Å². The molecule has 2 heterocycles. The lowest BCUT2D eigenvalue weighted by Crippen LogP contribution is -2.49. The van der Waals surface area contributed by atoms with Crippen LogP contribution in [0.25, 0.3) is 0 Å². The van der Waals surface area contributed by atoms with Crippen LogP contribution in [0, 0.1) is 5.92 Å². The molecule has 1 saturated carbocycles. The van der Waals surface area contributed by atoms with E-state index >= 15 is 0 Å². The Labute approximate surface area is 177 Å². The smallest absolute Gasteiger partial charge is 0.315 e. The summed E-state index contributed by atoms with van der Waals surface area (Å²) in [5.74, 6) is 0.0978. The molecule has 1 aromatic rings. The van der Waals surface area contributed by atoms with Crippen molar-refractivity contribution in [2.45, 2.75) is 57.7 Å². The predicted octanol–water partition coefficient (Wildman–Crippen LogP) is 2.50. The van der Waals surface area contributed by atoms with Crippen molar-refractivity contribution in [2.75, 3.05) is 32.8 Å². The van der Waals surface area contributed by atoms with Crippen LogP contribution in [0.2, 0.25) is 0 Å². The molecule has 0 radical (unpaired) electrons. The average Bonchev–Trinajstić information content (AvgIpc) is 3.23. The Balaban J connectivity index is 1.49. The Hall–Kier alpha value is -1.64. The van der Waals surface area contributed by atoms with E-state index in [4.69, 9.17) is 4.74 Å². The molecule has 7 nitrogen and oxygen atoms in total. The number of nitrogens with zero attached hydrogens (tertiary/aromatic N) is 1. The van der Waals surface area contributed by atoms with E-state index in [1.165, 1.54) is 4.88 Å². The zero-order chi connectivity index (χ0) is 20.6. The summed E-state index contributed by atoms with van der Waals surface area (Å²) < 4.78 is 5.48. The number of amides is 3. The lowest BCUT2D eigenvalue weighted by molar-refractivity contribution is -0.126. The molecule has 1 aliphatic carbocycles. The van der Waals surface area contributed by atoms with Gasteiger partial charge in [-0.1, -0.05) is 12.5 Å². The van der Waals surface area contributed by atoms with Crippen molar-refractivity contribution >= 4 is 23.3 Å². The van der Waals surface area contributed by atoms with E-state index in [9.17, 15) is 9.59 Å². The van der Waals surface area contributed by atoms with Crippen molar-refractivity contribution < 1.29 is 14.3 Å². The number of carbonyl (C=O) groups excluding carboxylic acids is 2. The maximum absolute atomic E-state index is 12.6. The fourth-order valence-electron chi connectivity index (χ4n) is 4.17. The van der Waals surface area contributed by atoms with Crippen molar-refractivity contribution in [3.63, 3.8) is 0 Å². The molecular formula is C21H34N4O3S. The van der Waals surface area contributed by atoms with Crippen LogP contribution < -0.4 is 16.0 Å². The van der Waals surface area contributed by atoms with Crippen LogP contribution in [0.15, 0.2) is 17.5 Å². The highest BCUT2D eigenvalue weighted by atomic mass is 32.1. The van der Waals surface area contributed by atoms with Gasteiger partial charge in [0, 0.05) is 42.5 Å². The van der Waals surface area contributed by atoms with Gasteiger partial charge in [0.1, 0.15) is 0 Å². The molecule has 29 heavy (non-hydrogen) atoms. The Morgan fingerprint density at radius 1 is 1.28 bits per heavy atom. The molecule has 8 heteroatoms. The van der Waals surface area contributed by atoms with Gasteiger partial charge in [-0.3, -0.25) is 9.69 Å². The first kappa shape index (κ1) is 22.1. The lowest BCUT2D eigenvalue weighted by atomic mass is 9.85. The van der Waals surface area contributed by atoms with Gasteiger partial charge >= 0.3 is 6.03 Å². The molecule has 1 aromatic heterocycles. The predicted molar refractivity (Wildman–Crippen MR) is 115 cm³/mol. The van der Waals surface area contributed by atoms with Gasteiger partial charge in [0.05, 0.1) is 19.3 Å². The maximum Gasteiger partial charge on any atom is 0.315 e.